The first-order valence-electron chi connectivity index (χ1n) is 8.34. The molecule has 0 unspecified atom stereocenters. The van der Waals surface area contributed by atoms with Crippen molar-refractivity contribution in [2.45, 2.75) is 26.2 Å². The van der Waals surface area contributed by atoms with Gasteiger partial charge in [-0.1, -0.05) is 25.4 Å². The van der Waals surface area contributed by atoms with Crippen molar-refractivity contribution in [2.24, 2.45) is 11.7 Å². The molecule has 0 bridgehead atoms. The van der Waals surface area contributed by atoms with Crippen LogP contribution in [0.3, 0.4) is 0 Å². The first kappa shape index (κ1) is 17.0. The van der Waals surface area contributed by atoms with Crippen LogP contribution in [0.15, 0.2) is 30.5 Å². The molecule has 1 aliphatic heterocycles. The lowest BCUT2D eigenvalue weighted by Gasteiger charge is -2.18. The van der Waals surface area contributed by atoms with Gasteiger partial charge in [0.25, 0.3) is 5.91 Å². The lowest BCUT2D eigenvalue weighted by molar-refractivity contribution is 0.0786. The SMILES string of the molecule is CC(C)c1c(C(=O)N2CC[C@@H](CN)C2)cnn1-c1ccc(Cl)cc1. The quantitative estimate of drug-likeness (QED) is 0.925. The second-order valence-corrected chi connectivity index (χ2v) is 7.06. The summed E-state index contributed by atoms with van der Waals surface area (Å²) < 4.78 is 1.84. The lowest BCUT2D eigenvalue weighted by Crippen LogP contribution is -2.30. The molecule has 0 spiro atoms. The minimum Gasteiger partial charge on any atom is -0.338 e. The molecule has 2 N–H and O–H groups in total. The average Bonchev–Trinajstić information content (AvgIpc) is 3.22. The zero-order valence-corrected chi connectivity index (χ0v) is 14.8. The zero-order valence-electron chi connectivity index (χ0n) is 14.1. The predicted molar refractivity (Wildman–Crippen MR) is 95.7 cm³/mol. The summed E-state index contributed by atoms with van der Waals surface area (Å²) in [5.74, 6) is 0.632. The molecule has 5 nitrogen and oxygen atoms in total. The van der Waals surface area contributed by atoms with Gasteiger partial charge in [0.1, 0.15) is 0 Å². The third kappa shape index (κ3) is 3.19. The number of halogens is 1. The number of likely N-dealkylation sites (tertiary alicyclic amines) is 1. The number of hydrogen-bond acceptors (Lipinski definition) is 3. The van der Waals surface area contributed by atoms with Crippen molar-refractivity contribution in [1.82, 2.24) is 14.7 Å². The highest BCUT2D eigenvalue weighted by atomic mass is 35.5. The Morgan fingerprint density at radius 2 is 2.08 bits per heavy atom. The standard InChI is InChI=1S/C18H23ClN4O/c1-12(2)17-16(18(24)22-8-7-13(9-20)11-22)10-21-23(17)15-5-3-14(19)4-6-15/h3-6,10,12-13H,7-9,11,20H2,1-2H3/t13-/m0/s1. The third-order valence-electron chi connectivity index (χ3n) is 4.56. The fourth-order valence-electron chi connectivity index (χ4n) is 3.25. The normalized spacial score (nSPS) is 17.7. The topological polar surface area (TPSA) is 64.2 Å². The van der Waals surface area contributed by atoms with E-state index in [0.29, 0.717) is 23.0 Å². The molecule has 6 heteroatoms. The summed E-state index contributed by atoms with van der Waals surface area (Å²) >= 11 is 5.97. The van der Waals surface area contributed by atoms with Gasteiger partial charge >= 0.3 is 0 Å². The second kappa shape index (κ2) is 6.95. The van der Waals surface area contributed by atoms with Gasteiger partial charge in [-0.15, -0.1) is 0 Å². The number of carbonyl (C=O) groups is 1. The van der Waals surface area contributed by atoms with Crippen LogP contribution in [0, 0.1) is 5.92 Å². The summed E-state index contributed by atoms with van der Waals surface area (Å²) in [4.78, 5) is 14.8. The van der Waals surface area contributed by atoms with E-state index in [9.17, 15) is 4.79 Å². The monoisotopic (exact) mass is 346 g/mol. The van der Waals surface area contributed by atoms with Crippen LogP contribution >= 0.6 is 11.6 Å². The van der Waals surface area contributed by atoms with Crippen molar-refractivity contribution < 1.29 is 4.79 Å². The number of benzene rings is 1. The summed E-state index contributed by atoms with van der Waals surface area (Å²) in [7, 11) is 0. The van der Waals surface area contributed by atoms with E-state index in [4.69, 9.17) is 17.3 Å². The first-order chi connectivity index (χ1) is 11.5. The van der Waals surface area contributed by atoms with E-state index in [-0.39, 0.29) is 11.8 Å². The fraction of sp³-hybridized carbons (Fsp3) is 0.444. The van der Waals surface area contributed by atoms with Gasteiger partial charge in [-0.25, -0.2) is 4.68 Å². The number of nitrogens with zero attached hydrogens (tertiary/aromatic N) is 3. The van der Waals surface area contributed by atoms with Crippen LogP contribution in [0.25, 0.3) is 5.69 Å². The number of hydrogen-bond donors (Lipinski definition) is 1. The minimum atomic E-state index is 0.0508. The Morgan fingerprint density at radius 3 is 2.67 bits per heavy atom. The van der Waals surface area contributed by atoms with Crippen LogP contribution in [0.2, 0.25) is 5.02 Å². The maximum absolute atomic E-state index is 12.9. The molecule has 0 saturated carbocycles. The lowest BCUT2D eigenvalue weighted by atomic mass is 10.0. The van der Waals surface area contributed by atoms with Crippen molar-refractivity contribution in [3.8, 4) is 5.69 Å². The number of carbonyl (C=O) groups excluding carboxylic acids is 1. The Balaban J connectivity index is 1.94. The molecule has 1 aromatic carbocycles. The highest BCUT2D eigenvalue weighted by molar-refractivity contribution is 6.30. The van der Waals surface area contributed by atoms with Crippen LogP contribution < -0.4 is 5.73 Å². The van der Waals surface area contributed by atoms with Crippen molar-refractivity contribution in [2.75, 3.05) is 19.6 Å². The van der Waals surface area contributed by atoms with Gasteiger partial charge in [-0.2, -0.15) is 5.10 Å². The van der Waals surface area contributed by atoms with Crippen LogP contribution in [0.1, 0.15) is 42.2 Å². The van der Waals surface area contributed by atoms with Crippen molar-refractivity contribution >= 4 is 17.5 Å². The maximum Gasteiger partial charge on any atom is 0.257 e. The van der Waals surface area contributed by atoms with E-state index in [2.05, 4.69) is 18.9 Å². The highest BCUT2D eigenvalue weighted by Crippen LogP contribution is 2.26. The molecule has 2 heterocycles. The number of aromatic nitrogens is 2. The van der Waals surface area contributed by atoms with Gasteiger partial charge in [-0.05, 0) is 49.1 Å². The molecule has 2 aromatic rings. The molecule has 1 amide bonds. The molecule has 0 radical (unpaired) electrons. The Morgan fingerprint density at radius 1 is 1.38 bits per heavy atom. The number of amides is 1. The largest absolute Gasteiger partial charge is 0.338 e. The van der Waals surface area contributed by atoms with E-state index >= 15 is 0 Å². The molecule has 1 aromatic heterocycles. The second-order valence-electron chi connectivity index (χ2n) is 6.63. The van der Waals surface area contributed by atoms with E-state index < -0.39 is 0 Å². The molecule has 1 fully saturated rings. The van der Waals surface area contributed by atoms with Crippen molar-refractivity contribution in [1.29, 1.82) is 0 Å². The molecule has 24 heavy (non-hydrogen) atoms. The van der Waals surface area contributed by atoms with Crippen LogP contribution in [-0.2, 0) is 0 Å². The smallest absolute Gasteiger partial charge is 0.257 e. The van der Waals surface area contributed by atoms with E-state index in [1.54, 1.807) is 6.20 Å². The van der Waals surface area contributed by atoms with Gasteiger partial charge in [-0.3, -0.25) is 4.79 Å². The summed E-state index contributed by atoms with van der Waals surface area (Å²) in [5.41, 5.74) is 8.25. The highest BCUT2D eigenvalue weighted by Gasteiger charge is 2.29. The maximum atomic E-state index is 12.9. The van der Waals surface area contributed by atoms with Gasteiger partial charge in [0.2, 0.25) is 0 Å². The van der Waals surface area contributed by atoms with Crippen LogP contribution in [0.5, 0.6) is 0 Å². The zero-order chi connectivity index (χ0) is 17.3. The Labute approximate surface area is 147 Å². The van der Waals surface area contributed by atoms with Gasteiger partial charge in [0, 0.05) is 18.1 Å². The molecule has 3 rings (SSSR count). The summed E-state index contributed by atoms with van der Waals surface area (Å²) in [6.07, 6.45) is 2.66. The number of rotatable bonds is 4. The minimum absolute atomic E-state index is 0.0508. The summed E-state index contributed by atoms with van der Waals surface area (Å²) in [6.45, 7) is 6.29. The molecular formula is C18H23ClN4O. The van der Waals surface area contributed by atoms with E-state index in [0.717, 1.165) is 30.9 Å². The van der Waals surface area contributed by atoms with Gasteiger partial charge in [0.05, 0.1) is 23.1 Å². The Bertz CT molecular complexity index is 723. The fourth-order valence-corrected chi connectivity index (χ4v) is 3.37. The van der Waals surface area contributed by atoms with E-state index in [1.807, 2.05) is 33.8 Å². The molecule has 1 aliphatic rings. The number of nitrogens with two attached hydrogens (primary N) is 1. The molecular weight excluding hydrogens is 324 g/mol. The Hall–Kier alpha value is -1.85. The third-order valence-corrected chi connectivity index (χ3v) is 4.81. The van der Waals surface area contributed by atoms with Crippen LogP contribution in [-0.4, -0.2) is 40.2 Å². The molecule has 128 valence electrons. The van der Waals surface area contributed by atoms with Crippen molar-refractivity contribution in [3.63, 3.8) is 0 Å². The summed E-state index contributed by atoms with van der Waals surface area (Å²) in [5, 5.41) is 5.15. The summed E-state index contributed by atoms with van der Waals surface area (Å²) in [6, 6.07) is 7.48. The molecule has 0 aliphatic carbocycles. The van der Waals surface area contributed by atoms with E-state index in [1.165, 1.54) is 0 Å². The van der Waals surface area contributed by atoms with Crippen molar-refractivity contribution in [3.05, 3.63) is 46.7 Å². The van der Waals surface area contributed by atoms with Gasteiger partial charge in [0.15, 0.2) is 0 Å². The van der Waals surface area contributed by atoms with Crippen LogP contribution in [0.4, 0.5) is 0 Å². The molecule has 1 atom stereocenters. The molecule has 1 saturated heterocycles. The predicted octanol–water partition coefficient (Wildman–Crippen LogP) is 3.07. The average molecular weight is 347 g/mol. The first-order valence-corrected chi connectivity index (χ1v) is 8.72. The van der Waals surface area contributed by atoms with Gasteiger partial charge < -0.3 is 10.6 Å². The Kier molecular flexibility index (Phi) is 4.92.